The molecule has 0 spiro atoms. The minimum absolute atomic E-state index is 0.155. The van der Waals surface area contributed by atoms with Crippen molar-refractivity contribution in [1.29, 1.82) is 0 Å². The van der Waals surface area contributed by atoms with E-state index in [2.05, 4.69) is 15.6 Å². The average Bonchev–Trinajstić information content (AvgIpc) is 3.25. The molecule has 3 aromatic rings. The predicted octanol–water partition coefficient (Wildman–Crippen LogP) is 4.48. The lowest BCUT2D eigenvalue weighted by atomic mass is 10.1. The van der Waals surface area contributed by atoms with Crippen molar-refractivity contribution in [3.8, 4) is 0 Å². The molecule has 0 saturated heterocycles. The molecule has 0 radical (unpaired) electrons. The maximum Gasteiger partial charge on any atom is 0.257 e. The number of halogens is 3. The third-order valence-electron chi connectivity index (χ3n) is 4.55. The van der Waals surface area contributed by atoms with Crippen LogP contribution in [0.25, 0.3) is 0 Å². The van der Waals surface area contributed by atoms with E-state index in [4.69, 9.17) is 0 Å². The summed E-state index contributed by atoms with van der Waals surface area (Å²) in [7, 11) is 0. The van der Waals surface area contributed by atoms with Crippen molar-refractivity contribution in [3.63, 3.8) is 0 Å². The molecule has 0 saturated carbocycles. The minimum Gasteiger partial charge on any atom is -0.325 e. The van der Waals surface area contributed by atoms with Gasteiger partial charge in [-0.2, -0.15) is 0 Å². The topological polar surface area (TPSA) is 71.1 Å². The number of carbonyl (C=O) groups is 2. The zero-order valence-corrected chi connectivity index (χ0v) is 15.7. The maximum atomic E-state index is 13.3. The number of fused-ring (bicyclic) bond motifs is 1. The third-order valence-corrected chi connectivity index (χ3v) is 5.59. The van der Waals surface area contributed by atoms with Gasteiger partial charge in [0, 0.05) is 22.2 Å². The summed E-state index contributed by atoms with van der Waals surface area (Å²) in [6, 6.07) is 8.25. The Hall–Kier alpha value is -3.20. The van der Waals surface area contributed by atoms with E-state index in [9.17, 15) is 22.8 Å². The van der Waals surface area contributed by atoms with E-state index in [1.165, 1.54) is 41.7 Å². The molecule has 1 aliphatic carbocycles. The van der Waals surface area contributed by atoms with Gasteiger partial charge in [-0.15, -0.1) is 11.3 Å². The number of aromatic nitrogens is 1. The second-order valence-corrected chi connectivity index (χ2v) is 7.58. The van der Waals surface area contributed by atoms with Crippen LogP contribution in [0.15, 0.2) is 42.5 Å². The van der Waals surface area contributed by atoms with E-state index in [1.807, 2.05) is 0 Å². The van der Waals surface area contributed by atoms with E-state index < -0.39 is 29.3 Å². The third kappa shape index (κ3) is 4.00. The molecule has 9 heteroatoms. The van der Waals surface area contributed by atoms with Crippen LogP contribution in [0.5, 0.6) is 0 Å². The molecule has 29 heavy (non-hydrogen) atoms. The second-order valence-electron chi connectivity index (χ2n) is 6.50. The number of aryl methyl sites for hydroxylation is 1. The van der Waals surface area contributed by atoms with E-state index >= 15 is 0 Å². The number of thiazole rings is 1. The Kier molecular flexibility index (Phi) is 5.06. The number of benzene rings is 2. The predicted molar refractivity (Wildman–Crippen MR) is 103 cm³/mol. The first kappa shape index (κ1) is 19.1. The molecule has 2 amide bonds. The maximum absolute atomic E-state index is 13.3. The summed E-state index contributed by atoms with van der Waals surface area (Å²) in [5, 5.41) is 5.57. The zero-order chi connectivity index (χ0) is 20.5. The molecule has 1 aromatic heterocycles. The van der Waals surface area contributed by atoms with Crippen LogP contribution in [-0.2, 0) is 11.2 Å². The van der Waals surface area contributed by atoms with E-state index in [0.717, 1.165) is 17.0 Å². The van der Waals surface area contributed by atoms with Gasteiger partial charge in [0.05, 0.1) is 11.6 Å². The highest BCUT2D eigenvalue weighted by Gasteiger charge is 2.33. The summed E-state index contributed by atoms with van der Waals surface area (Å²) < 4.78 is 39.4. The lowest BCUT2D eigenvalue weighted by molar-refractivity contribution is -0.117. The van der Waals surface area contributed by atoms with Gasteiger partial charge in [0.1, 0.15) is 5.82 Å². The fraction of sp³-hybridized carbons (Fsp3) is 0.150. The summed E-state index contributed by atoms with van der Waals surface area (Å²) in [6.07, 6.45) is 1.16. The van der Waals surface area contributed by atoms with Crippen molar-refractivity contribution >= 4 is 34.0 Å². The first-order valence-electron chi connectivity index (χ1n) is 8.73. The number of carbonyl (C=O) groups excluding carboxylic acids is 2. The van der Waals surface area contributed by atoms with Gasteiger partial charge < -0.3 is 5.32 Å². The highest BCUT2D eigenvalue weighted by molar-refractivity contribution is 7.16. The van der Waals surface area contributed by atoms with Gasteiger partial charge in [0.25, 0.3) is 5.91 Å². The van der Waals surface area contributed by atoms with E-state index in [0.29, 0.717) is 23.7 Å². The molecule has 2 N–H and O–H groups in total. The monoisotopic (exact) mass is 417 g/mol. The summed E-state index contributed by atoms with van der Waals surface area (Å²) in [5.41, 5.74) is 1.00. The highest BCUT2D eigenvalue weighted by Crippen LogP contribution is 2.39. The minimum atomic E-state index is -1.05. The smallest absolute Gasteiger partial charge is 0.257 e. The number of rotatable bonds is 4. The lowest BCUT2D eigenvalue weighted by Crippen LogP contribution is -2.20. The second kappa shape index (κ2) is 7.67. The zero-order valence-electron chi connectivity index (χ0n) is 14.8. The SMILES string of the molecule is O=C(Nc1nc2c(s1)CC[C@@H]2C(=O)Nc1ccc(F)c(F)c1)c1ccc(F)cc1. The van der Waals surface area contributed by atoms with Gasteiger partial charge in [-0.05, 0) is 49.2 Å². The summed E-state index contributed by atoms with van der Waals surface area (Å²) in [4.78, 5) is 30.1. The van der Waals surface area contributed by atoms with Gasteiger partial charge >= 0.3 is 0 Å². The molecule has 2 aromatic carbocycles. The van der Waals surface area contributed by atoms with Crippen molar-refractivity contribution in [1.82, 2.24) is 4.98 Å². The van der Waals surface area contributed by atoms with E-state index in [-0.39, 0.29) is 17.2 Å². The van der Waals surface area contributed by atoms with Crippen LogP contribution >= 0.6 is 11.3 Å². The van der Waals surface area contributed by atoms with Gasteiger partial charge in [-0.3, -0.25) is 14.9 Å². The molecular formula is C20H14F3N3O2S. The molecule has 1 aliphatic rings. The molecule has 148 valence electrons. The van der Waals surface area contributed by atoms with Crippen LogP contribution in [0.2, 0.25) is 0 Å². The molecule has 0 unspecified atom stereocenters. The van der Waals surface area contributed by atoms with Gasteiger partial charge in [0.2, 0.25) is 5.91 Å². The van der Waals surface area contributed by atoms with Crippen LogP contribution in [-0.4, -0.2) is 16.8 Å². The first-order chi connectivity index (χ1) is 13.9. The Morgan fingerprint density at radius 1 is 1.00 bits per heavy atom. The normalized spacial score (nSPS) is 15.1. The largest absolute Gasteiger partial charge is 0.325 e. The molecule has 1 atom stereocenters. The Bertz CT molecular complexity index is 1100. The number of amides is 2. The van der Waals surface area contributed by atoms with Crippen molar-refractivity contribution in [2.75, 3.05) is 10.6 Å². The van der Waals surface area contributed by atoms with Crippen LogP contribution in [0.1, 0.15) is 33.3 Å². The molecule has 4 rings (SSSR count). The fourth-order valence-corrected chi connectivity index (χ4v) is 4.14. The lowest BCUT2D eigenvalue weighted by Gasteiger charge is -2.11. The van der Waals surface area contributed by atoms with E-state index in [1.54, 1.807) is 0 Å². The van der Waals surface area contributed by atoms with Crippen molar-refractivity contribution in [2.45, 2.75) is 18.8 Å². The van der Waals surface area contributed by atoms with Crippen LogP contribution in [0, 0.1) is 17.5 Å². The van der Waals surface area contributed by atoms with Crippen LogP contribution in [0.4, 0.5) is 24.0 Å². The average molecular weight is 417 g/mol. The number of hydrogen-bond acceptors (Lipinski definition) is 4. The number of anilines is 2. The Morgan fingerprint density at radius 2 is 1.76 bits per heavy atom. The Labute approximate surface area is 167 Å². The fourth-order valence-electron chi connectivity index (χ4n) is 3.11. The Morgan fingerprint density at radius 3 is 2.48 bits per heavy atom. The van der Waals surface area contributed by atoms with Crippen molar-refractivity contribution in [3.05, 3.63) is 76.1 Å². The van der Waals surface area contributed by atoms with Gasteiger partial charge in [0.15, 0.2) is 16.8 Å². The summed E-state index contributed by atoms with van der Waals surface area (Å²) >= 11 is 1.27. The number of hydrogen-bond donors (Lipinski definition) is 2. The molecular weight excluding hydrogens is 403 g/mol. The van der Waals surface area contributed by atoms with Gasteiger partial charge in [-0.1, -0.05) is 0 Å². The molecule has 0 bridgehead atoms. The molecule has 0 aliphatic heterocycles. The first-order valence-corrected chi connectivity index (χ1v) is 9.55. The van der Waals surface area contributed by atoms with Gasteiger partial charge in [-0.25, -0.2) is 18.2 Å². The van der Waals surface area contributed by atoms with Crippen LogP contribution < -0.4 is 10.6 Å². The standard InChI is InChI=1S/C20H14F3N3O2S/c21-11-3-1-10(2-4-11)18(27)26-20-25-17-13(6-8-16(17)29-20)19(28)24-12-5-7-14(22)15(23)9-12/h1-5,7,9,13H,6,8H2,(H,24,28)(H,25,26,27)/t13-/m0/s1. The summed E-state index contributed by atoms with van der Waals surface area (Å²) in [5.74, 6) is -3.84. The molecule has 1 heterocycles. The van der Waals surface area contributed by atoms with Crippen molar-refractivity contribution in [2.24, 2.45) is 0 Å². The number of nitrogens with one attached hydrogen (secondary N) is 2. The van der Waals surface area contributed by atoms with Crippen LogP contribution in [0.3, 0.4) is 0 Å². The van der Waals surface area contributed by atoms with Crippen molar-refractivity contribution < 1.29 is 22.8 Å². The number of nitrogens with zero attached hydrogens (tertiary/aromatic N) is 1. The summed E-state index contributed by atoms with van der Waals surface area (Å²) in [6.45, 7) is 0. The molecule has 0 fully saturated rings. The quantitative estimate of drug-likeness (QED) is 0.658. The Balaban J connectivity index is 1.46. The highest BCUT2D eigenvalue weighted by atomic mass is 32.1. The molecule has 5 nitrogen and oxygen atoms in total.